The Balaban J connectivity index is 1.50. The van der Waals surface area contributed by atoms with Crippen molar-refractivity contribution in [2.24, 2.45) is 0 Å². The van der Waals surface area contributed by atoms with Gasteiger partial charge in [0.1, 0.15) is 0 Å². The second-order valence-corrected chi connectivity index (χ2v) is 12.5. The number of anilines is 1. The monoisotopic (exact) mass is 646 g/mol. The highest BCUT2D eigenvalue weighted by Crippen LogP contribution is 2.32. The first-order chi connectivity index (χ1) is 21.7. The maximum Gasteiger partial charge on any atom is 0.416 e. The summed E-state index contributed by atoms with van der Waals surface area (Å²) in [5, 5.41) is 15.5. The molecule has 0 radical (unpaired) electrons. The van der Waals surface area contributed by atoms with Crippen LogP contribution in [0.1, 0.15) is 67.1 Å². The molecule has 0 unspecified atom stereocenters. The molecule has 1 amide bonds. The van der Waals surface area contributed by atoms with E-state index in [-0.39, 0.29) is 36.1 Å². The molecule has 4 aromatic rings. The van der Waals surface area contributed by atoms with Crippen LogP contribution in [0.2, 0.25) is 0 Å². The van der Waals surface area contributed by atoms with Gasteiger partial charge in [-0.3, -0.25) is 4.79 Å². The van der Waals surface area contributed by atoms with Crippen molar-refractivity contribution >= 4 is 28.9 Å². The highest BCUT2D eigenvalue weighted by molar-refractivity contribution is 7.80. The largest absolute Gasteiger partial charge is 0.416 e. The molecule has 1 heterocycles. The highest BCUT2D eigenvalue weighted by atomic mass is 32.1. The van der Waals surface area contributed by atoms with Crippen molar-refractivity contribution in [1.29, 1.82) is 5.26 Å². The van der Waals surface area contributed by atoms with Gasteiger partial charge in [0.2, 0.25) is 5.91 Å². The van der Waals surface area contributed by atoms with Crippen LogP contribution in [0, 0.1) is 11.3 Å². The van der Waals surface area contributed by atoms with Gasteiger partial charge in [0, 0.05) is 37.2 Å². The molecule has 0 saturated carbocycles. The van der Waals surface area contributed by atoms with E-state index in [9.17, 15) is 18.0 Å². The number of nitrogens with one attached hydrogen (secondary N) is 2. The lowest BCUT2D eigenvalue weighted by Gasteiger charge is -2.35. The van der Waals surface area contributed by atoms with Crippen LogP contribution in [0.4, 0.5) is 18.9 Å². The normalized spacial score (nSPS) is 11.6. The number of rotatable bonds is 11. The van der Waals surface area contributed by atoms with E-state index in [0.717, 1.165) is 17.2 Å². The number of amides is 1. The Bertz CT molecular complexity index is 1690. The molecule has 0 aliphatic rings. The Morgan fingerprint density at radius 2 is 1.72 bits per heavy atom. The third-order valence-electron chi connectivity index (χ3n) is 7.44. The van der Waals surface area contributed by atoms with Gasteiger partial charge < -0.3 is 20.1 Å². The molecular weight excluding hydrogens is 609 g/mol. The van der Waals surface area contributed by atoms with Crippen LogP contribution in [0.15, 0.2) is 85.3 Å². The van der Waals surface area contributed by atoms with E-state index in [4.69, 9.17) is 17.5 Å². The molecular formula is C35H37F3N6OS. The number of hydrogen-bond acceptors (Lipinski definition) is 4. The molecule has 7 nitrogen and oxygen atoms in total. The zero-order valence-corrected chi connectivity index (χ0v) is 27.0. The summed E-state index contributed by atoms with van der Waals surface area (Å²) in [5.74, 6) is 0.0701. The Morgan fingerprint density at radius 3 is 2.35 bits per heavy atom. The predicted molar refractivity (Wildman–Crippen MR) is 177 cm³/mol. The van der Waals surface area contributed by atoms with Crippen LogP contribution in [0.25, 0.3) is 0 Å². The minimum Gasteiger partial charge on any atom is -0.349 e. The van der Waals surface area contributed by atoms with Gasteiger partial charge >= 0.3 is 6.18 Å². The van der Waals surface area contributed by atoms with Crippen LogP contribution >= 0.6 is 12.2 Å². The first-order valence-electron chi connectivity index (χ1n) is 14.8. The standard InChI is InChI=1S/C35H37F3N6OS/c1-24(2)27-13-15-29(16-14-27)41-33(46)43(21-28-7-5-6-8-31(28)35(36,37)38)22-34(3,4)42-32(45)17-30-19-40-23-44(30)20-26-11-9-25(18-39)10-12-26/h5-16,19,23-24H,17,20-22H2,1-4H3,(H,41,46)(H,42,45). The summed E-state index contributed by atoms with van der Waals surface area (Å²) in [7, 11) is 0. The molecule has 0 fully saturated rings. The molecule has 0 atom stereocenters. The number of halogens is 3. The lowest BCUT2D eigenvalue weighted by molar-refractivity contribution is -0.138. The maximum atomic E-state index is 13.9. The van der Waals surface area contributed by atoms with E-state index in [1.54, 1.807) is 35.6 Å². The van der Waals surface area contributed by atoms with Crippen molar-refractivity contribution < 1.29 is 18.0 Å². The zero-order chi connectivity index (χ0) is 33.5. The van der Waals surface area contributed by atoms with Crippen molar-refractivity contribution in [2.75, 3.05) is 11.9 Å². The van der Waals surface area contributed by atoms with E-state index in [1.807, 2.05) is 54.8 Å². The van der Waals surface area contributed by atoms with Gasteiger partial charge in [-0.25, -0.2) is 4.98 Å². The number of hydrogen-bond donors (Lipinski definition) is 2. The van der Waals surface area contributed by atoms with Crippen molar-refractivity contribution in [1.82, 2.24) is 19.8 Å². The van der Waals surface area contributed by atoms with Gasteiger partial charge in [0.15, 0.2) is 5.11 Å². The Kier molecular flexibility index (Phi) is 10.9. The minimum absolute atomic E-state index is 0.0432. The van der Waals surface area contributed by atoms with Gasteiger partial charge in [-0.2, -0.15) is 18.4 Å². The predicted octanol–water partition coefficient (Wildman–Crippen LogP) is 7.28. The van der Waals surface area contributed by atoms with E-state index in [2.05, 4.69) is 35.5 Å². The molecule has 3 aromatic carbocycles. The SMILES string of the molecule is CC(C)c1ccc(NC(=S)N(Cc2ccccc2C(F)(F)F)CC(C)(C)NC(=O)Cc2cncn2Cc2ccc(C#N)cc2)cc1. The van der Waals surface area contributed by atoms with Crippen molar-refractivity contribution in [3.8, 4) is 6.07 Å². The first-order valence-corrected chi connectivity index (χ1v) is 15.2. The average molecular weight is 647 g/mol. The molecule has 0 spiro atoms. The summed E-state index contributed by atoms with van der Waals surface area (Å²) in [6.07, 6.45) is -1.22. The summed E-state index contributed by atoms with van der Waals surface area (Å²) in [6, 6.07) is 22.4. The van der Waals surface area contributed by atoms with Gasteiger partial charge in [-0.1, -0.05) is 56.3 Å². The average Bonchev–Trinajstić information content (AvgIpc) is 3.42. The van der Waals surface area contributed by atoms with E-state index >= 15 is 0 Å². The molecule has 0 aliphatic carbocycles. The molecule has 2 N–H and O–H groups in total. The number of benzene rings is 3. The highest BCUT2D eigenvalue weighted by Gasteiger charge is 2.34. The van der Waals surface area contributed by atoms with Crippen molar-refractivity contribution in [3.63, 3.8) is 0 Å². The molecule has 46 heavy (non-hydrogen) atoms. The molecule has 0 bridgehead atoms. The van der Waals surface area contributed by atoms with Crippen LogP contribution in [0.5, 0.6) is 0 Å². The molecule has 1 aromatic heterocycles. The number of nitriles is 1. The van der Waals surface area contributed by atoms with E-state index < -0.39 is 17.3 Å². The fourth-order valence-electron chi connectivity index (χ4n) is 5.12. The van der Waals surface area contributed by atoms with Gasteiger partial charge in [0.25, 0.3) is 0 Å². The number of aromatic nitrogens is 2. The second-order valence-electron chi connectivity index (χ2n) is 12.1. The summed E-state index contributed by atoms with van der Waals surface area (Å²) in [5.41, 5.74) is 2.52. The summed E-state index contributed by atoms with van der Waals surface area (Å²) in [6.45, 7) is 8.28. The van der Waals surface area contributed by atoms with Crippen LogP contribution in [0.3, 0.4) is 0 Å². The molecule has 4 rings (SSSR count). The molecule has 0 saturated heterocycles. The number of imidazole rings is 1. The Hall–Kier alpha value is -4.69. The fourth-order valence-corrected chi connectivity index (χ4v) is 5.36. The summed E-state index contributed by atoms with van der Waals surface area (Å²) in [4.78, 5) is 19.1. The molecule has 240 valence electrons. The Labute approximate surface area is 273 Å². The van der Waals surface area contributed by atoms with E-state index in [1.165, 1.54) is 12.1 Å². The Morgan fingerprint density at radius 1 is 1.04 bits per heavy atom. The third kappa shape index (κ3) is 9.41. The molecule has 0 aliphatic heterocycles. The fraction of sp³-hybridized carbons (Fsp3) is 0.314. The second kappa shape index (κ2) is 14.6. The number of nitrogens with zero attached hydrogens (tertiary/aromatic N) is 4. The van der Waals surface area contributed by atoms with Crippen molar-refractivity contribution in [3.05, 3.63) is 119 Å². The van der Waals surface area contributed by atoms with Crippen molar-refractivity contribution in [2.45, 2.75) is 64.8 Å². The van der Waals surface area contributed by atoms with Crippen LogP contribution in [-0.2, 0) is 30.5 Å². The smallest absolute Gasteiger partial charge is 0.349 e. The first kappa shape index (κ1) is 34.2. The van der Waals surface area contributed by atoms with Gasteiger partial charge in [0.05, 0.1) is 35.5 Å². The van der Waals surface area contributed by atoms with Gasteiger partial charge in [-0.15, -0.1) is 0 Å². The topological polar surface area (TPSA) is 86.0 Å². The van der Waals surface area contributed by atoms with E-state index in [0.29, 0.717) is 29.4 Å². The third-order valence-corrected chi connectivity index (χ3v) is 7.80. The quantitative estimate of drug-likeness (QED) is 0.167. The van der Waals surface area contributed by atoms with Crippen LogP contribution in [-0.4, -0.2) is 37.6 Å². The lowest BCUT2D eigenvalue weighted by atomic mass is 10.0. The number of carbonyl (C=O) groups is 1. The summed E-state index contributed by atoms with van der Waals surface area (Å²) < 4.78 is 43.6. The summed E-state index contributed by atoms with van der Waals surface area (Å²) >= 11 is 5.74. The minimum atomic E-state index is -4.53. The number of thiocarbonyl (C=S) groups is 1. The maximum absolute atomic E-state index is 13.9. The lowest BCUT2D eigenvalue weighted by Crippen LogP contribution is -2.53. The van der Waals surface area contributed by atoms with Gasteiger partial charge in [-0.05, 0) is 79.0 Å². The molecule has 11 heteroatoms. The van der Waals surface area contributed by atoms with Crippen LogP contribution < -0.4 is 10.6 Å². The number of alkyl halides is 3. The number of carbonyl (C=O) groups excluding carboxylic acids is 1. The zero-order valence-electron chi connectivity index (χ0n) is 26.2.